The minimum absolute atomic E-state index is 0.272. The maximum Gasteiger partial charge on any atom is 0.317 e. The van der Waals surface area contributed by atoms with Crippen molar-refractivity contribution in [1.82, 2.24) is 5.32 Å². The van der Waals surface area contributed by atoms with Crippen LogP contribution >= 0.6 is 23.8 Å². The Morgan fingerprint density at radius 2 is 2.03 bits per heavy atom. The van der Waals surface area contributed by atoms with Gasteiger partial charge in [-0.15, -0.1) is 0 Å². The molecule has 0 radical (unpaired) electrons. The van der Waals surface area contributed by atoms with Crippen LogP contribution in [0.2, 0.25) is 5.02 Å². The van der Waals surface area contributed by atoms with E-state index in [-0.39, 0.29) is 12.6 Å². The normalized spacial score (nSPS) is 24.8. The Labute approximate surface area is 179 Å². The highest BCUT2D eigenvalue weighted by Gasteiger charge is 2.59. The topological polar surface area (TPSA) is 60.0 Å². The number of carbonyl (C=O) groups is 1. The largest absolute Gasteiger partial charge is 0.497 e. The van der Waals surface area contributed by atoms with Crippen LogP contribution in [0, 0.1) is 5.92 Å². The highest BCUT2D eigenvalue weighted by Crippen LogP contribution is 2.50. The van der Waals surface area contributed by atoms with Gasteiger partial charge in [0, 0.05) is 16.3 Å². The SMILES string of the molecule is CCOC(=O)[C@@H]1[C@H]2NC(=S)N(c3ccc(Cl)cc3)[C@@]1(C)Oc1ccc(OC)cc12. The average Bonchev–Trinajstić information content (AvgIpc) is 2.68. The molecule has 29 heavy (non-hydrogen) atoms. The van der Waals surface area contributed by atoms with Gasteiger partial charge in [0.2, 0.25) is 5.72 Å². The number of anilines is 1. The van der Waals surface area contributed by atoms with E-state index in [9.17, 15) is 4.79 Å². The zero-order valence-electron chi connectivity index (χ0n) is 16.3. The van der Waals surface area contributed by atoms with Gasteiger partial charge in [-0.25, -0.2) is 0 Å². The fourth-order valence-corrected chi connectivity index (χ4v) is 4.60. The average molecular weight is 433 g/mol. The molecule has 3 atom stereocenters. The van der Waals surface area contributed by atoms with Crippen LogP contribution in [0.4, 0.5) is 5.69 Å². The van der Waals surface area contributed by atoms with E-state index in [1.54, 1.807) is 26.2 Å². The van der Waals surface area contributed by atoms with Gasteiger partial charge in [0.15, 0.2) is 5.11 Å². The summed E-state index contributed by atoms with van der Waals surface area (Å²) in [6.07, 6.45) is 0. The van der Waals surface area contributed by atoms with Gasteiger partial charge in [-0.1, -0.05) is 11.6 Å². The highest BCUT2D eigenvalue weighted by molar-refractivity contribution is 7.80. The minimum atomic E-state index is -1.09. The number of halogens is 1. The Morgan fingerprint density at radius 3 is 2.69 bits per heavy atom. The van der Waals surface area contributed by atoms with Crippen LogP contribution in [0.1, 0.15) is 25.5 Å². The third kappa shape index (κ3) is 3.18. The predicted molar refractivity (Wildman–Crippen MR) is 115 cm³/mol. The fraction of sp³-hybridized carbons (Fsp3) is 0.333. The van der Waals surface area contributed by atoms with E-state index in [0.29, 0.717) is 21.6 Å². The molecule has 2 aromatic rings. The molecule has 1 fully saturated rings. The summed E-state index contributed by atoms with van der Waals surface area (Å²) in [5, 5.41) is 4.38. The molecule has 0 unspecified atom stereocenters. The fourth-order valence-electron chi connectivity index (χ4n) is 4.06. The van der Waals surface area contributed by atoms with Gasteiger partial charge in [-0.3, -0.25) is 9.69 Å². The molecule has 0 aromatic heterocycles. The van der Waals surface area contributed by atoms with Crippen LogP contribution < -0.4 is 19.7 Å². The number of nitrogens with zero attached hydrogens (tertiary/aromatic N) is 1. The summed E-state index contributed by atoms with van der Waals surface area (Å²) in [4.78, 5) is 14.9. The molecule has 4 rings (SSSR count). The van der Waals surface area contributed by atoms with Crippen molar-refractivity contribution < 1.29 is 19.0 Å². The summed E-state index contributed by atoms with van der Waals surface area (Å²) in [5.41, 5.74) is 0.478. The van der Waals surface area contributed by atoms with E-state index in [1.807, 2.05) is 42.2 Å². The van der Waals surface area contributed by atoms with Crippen molar-refractivity contribution in [2.75, 3.05) is 18.6 Å². The summed E-state index contributed by atoms with van der Waals surface area (Å²) in [7, 11) is 1.60. The van der Waals surface area contributed by atoms with Crippen LogP contribution in [0.3, 0.4) is 0 Å². The molecule has 0 spiro atoms. The number of methoxy groups -OCH3 is 1. The summed E-state index contributed by atoms with van der Waals surface area (Å²) >= 11 is 11.7. The molecule has 1 saturated heterocycles. The predicted octanol–water partition coefficient (Wildman–Crippen LogP) is 4.07. The first-order valence-corrected chi connectivity index (χ1v) is 10.1. The third-order valence-electron chi connectivity index (χ3n) is 5.33. The van der Waals surface area contributed by atoms with E-state index in [0.717, 1.165) is 11.3 Å². The minimum Gasteiger partial charge on any atom is -0.497 e. The molecule has 152 valence electrons. The molecule has 2 aliphatic rings. The number of esters is 1. The highest BCUT2D eigenvalue weighted by atomic mass is 35.5. The Morgan fingerprint density at radius 1 is 1.31 bits per heavy atom. The number of benzene rings is 2. The van der Waals surface area contributed by atoms with Crippen molar-refractivity contribution >= 4 is 40.6 Å². The molecule has 2 aliphatic heterocycles. The van der Waals surface area contributed by atoms with Crippen molar-refractivity contribution in [2.45, 2.75) is 25.6 Å². The van der Waals surface area contributed by atoms with Crippen LogP contribution in [0.15, 0.2) is 42.5 Å². The summed E-state index contributed by atoms with van der Waals surface area (Å²) in [5.74, 6) is 0.311. The van der Waals surface area contributed by atoms with Crippen molar-refractivity contribution in [3.05, 3.63) is 53.1 Å². The molecule has 8 heteroatoms. The van der Waals surface area contributed by atoms with Crippen molar-refractivity contribution in [3.63, 3.8) is 0 Å². The quantitative estimate of drug-likeness (QED) is 0.577. The molecule has 0 saturated carbocycles. The summed E-state index contributed by atoms with van der Waals surface area (Å²) in [6.45, 7) is 3.91. The number of carbonyl (C=O) groups excluding carboxylic acids is 1. The van der Waals surface area contributed by atoms with E-state index >= 15 is 0 Å². The molecule has 2 bridgehead atoms. The molecular formula is C21H21ClN2O4S. The van der Waals surface area contributed by atoms with Gasteiger partial charge in [0.25, 0.3) is 0 Å². The van der Waals surface area contributed by atoms with Gasteiger partial charge in [0.05, 0.1) is 19.8 Å². The number of thiocarbonyl (C=S) groups is 1. The number of nitrogens with one attached hydrogen (secondary N) is 1. The van der Waals surface area contributed by atoms with Crippen molar-refractivity contribution in [1.29, 1.82) is 0 Å². The number of hydrogen-bond donors (Lipinski definition) is 1. The van der Waals surface area contributed by atoms with Gasteiger partial charge in [-0.2, -0.15) is 0 Å². The first kappa shape index (κ1) is 19.8. The Kier molecular flexibility index (Phi) is 5.04. The molecule has 6 nitrogen and oxygen atoms in total. The number of hydrogen-bond acceptors (Lipinski definition) is 5. The van der Waals surface area contributed by atoms with Crippen LogP contribution in [-0.2, 0) is 9.53 Å². The summed E-state index contributed by atoms with van der Waals surface area (Å²) < 4.78 is 17.2. The second kappa shape index (κ2) is 7.39. The zero-order chi connectivity index (χ0) is 20.8. The molecule has 0 amide bonds. The van der Waals surface area contributed by atoms with Gasteiger partial charge < -0.3 is 19.5 Å². The Bertz CT molecular complexity index is 968. The van der Waals surface area contributed by atoms with E-state index in [1.165, 1.54) is 0 Å². The van der Waals surface area contributed by atoms with Gasteiger partial charge >= 0.3 is 5.97 Å². The van der Waals surface area contributed by atoms with Gasteiger partial charge in [-0.05, 0) is 68.5 Å². The standard InChI is InChI=1S/C21H21ClN2O4S/c1-4-27-19(25)17-18-15-11-14(26-3)9-10-16(15)28-21(17,2)24(20(29)23-18)13-7-5-12(22)6-8-13/h5-11,17-18H,4H2,1-3H3,(H,23,29)/t17-,18-,21-/m0/s1. The number of ether oxygens (including phenoxy) is 3. The zero-order valence-corrected chi connectivity index (χ0v) is 17.8. The molecule has 0 aliphatic carbocycles. The number of rotatable bonds is 4. The Hall–Kier alpha value is -2.51. The smallest absolute Gasteiger partial charge is 0.317 e. The van der Waals surface area contributed by atoms with E-state index in [2.05, 4.69) is 5.32 Å². The lowest BCUT2D eigenvalue weighted by Crippen LogP contribution is -2.71. The van der Waals surface area contributed by atoms with E-state index < -0.39 is 17.7 Å². The van der Waals surface area contributed by atoms with Crippen LogP contribution in [0.5, 0.6) is 11.5 Å². The van der Waals surface area contributed by atoms with Crippen molar-refractivity contribution in [2.24, 2.45) is 5.92 Å². The lowest BCUT2D eigenvalue weighted by atomic mass is 9.79. The maximum atomic E-state index is 13.1. The lowest BCUT2D eigenvalue weighted by Gasteiger charge is -2.55. The first-order valence-electron chi connectivity index (χ1n) is 9.29. The molecule has 2 aromatic carbocycles. The van der Waals surface area contributed by atoms with Crippen molar-refractivity contribution in [3.8, 4) is 11.5 Å². The second-order valence-electron chi connectivity index (χ2n) is 7.03. The lowest BCUT2D eigenvalue weighted by molar-refractivity contribution is -0.159. The van der Waals surface area contributed by atoms with Gasteiger partial charge in [0.1, 0.15) is 17.4 Å². The molecular weight excluding hydrogens is 412 g/mol. The second-order valence-corrected chi connectivity index (χ2v) is 7.85. The van der Waals surface area contributed by atoms with Crippen LogP contribution in [-0.4, -0.2) is 30.5 Å². The number of fused-ring (bicyclic) bond motifs is 4. The van der Waals surface area contributed by atoms with Crippen LogP contribution in [0.25, 0.3) is 0 Å². The Balaban J connectivity index is 1.88. The first-order chi connectivity index (χ1) is 13.9. The molecule has 1 N–H and O–H groups in total. The monoisotopic (exact) mass is 432 g/mol. The van der Waals surface area contributed by atoms with E-state index in [4.69, 9.17) is 38.0 Å². The molecule has 2 heterocycles. The maximum absolute atomic E-state index is 13.1. The third-order valence-corrected chi connectivity index (χ3v) is 5.88. The summed E-state index contributed by atoms with van der Waals surface area (Å²) in [6, 6.07) is 12.4.